The summed E-state index contributed by atoms with van der Waals surface area (Å²) in [6.45, 7) is 4.69. The summed E-state index contributed by atoms with van der Waals surface area (Å²) in [5.74, 6) is 1.30. The number of carbonyl (C=O) groups excluding carboxylic acids is 1. The molecule has 0 saturated carbocycles. The number of aryl methyl sites for hydroxylation is 1. The Labute approximate surface area is 165 Å². The highest BCUT2D eigenvalue weighted by Gasteiger charge is 2.54. The highest BCUT2D eigenvalue weighted by atomic mass is 16.3. The van der Waals surface area contributed by atoms with Gasteiger partial charge in [0, 0.05) is 24.1 Å². The molecule has 3 atom stereocenters. The number of benzene rings is 2. The van der Waals surface area contributed by atoms with E-state index in [1.807, 2.05) is 19.1 Å². The number of nitrogens with zero attached hydrogens (tertiary/aromatic N) is 2. The summed E-state index contributed by atoms with van der Waals surface area (Å²) in [5.41, 5.74) is 2.47. The van der Waals surface area contributed by atoms with Crippen molar-refractivity contribution < 1.29 is 15.0 Å². The average molecular weight is 378 g/mol. The average Bonchev–Trinajstić information content (AvgIpc) is 3.13. The molecule has 4 fully saturated rings. The highest BCUT2D eigenvalue weighted by Crippen LogP contribution is 2.47. The normalized spacial score (nSPS) is 31.0. The minimum atomic E-state index is 0.0505. The Kier molecular flexibility index (Phi) is 4.09. The van der Waals surface area contributed by atoms with E-state index in [1.165, 1.54) is 0 Å². The first kappa shape index (κ1) is 17.6. The first-order valence-corrected chi connectivity index (χ1v) is 10.2. The van der Waals surface area contributed by atoms with Crippen LogP contribution < -0.4 is 0 Å². The van der Waals surface area contributed by atoms with Crippen molar-refractivity contribution in [2.75, 3.05) is 19.6 Å². The van der Waals surface area contributed by atoms with Crippen molar-refractivity contribution in [1.82, 2.24) is 9.80 Å². The molecule has 2 bridgehead atoms. The molecule has 2 aromatic carbocycles. The van der Waals surface area contributed by atoms with Gasteiger partial charge in [-0.3, -0.25) is 9.69 Å². The van der Waals surface area contributed by atoms with Crippen LogP contribution in [0.1, 0.15) is 40.2 Å². The molecule has 4 heterocycles. The molecule has 4 aliphatic heterocycles. The number of aromatic hydroxyl groups is 2. The third kappa shape index (κ3) is 2.68. The summed E-state index contributed by atoms with van der Waals surface area (Å²) in [6.07, 6.45) is 2.29. The topological polar surface area (TPSA) is 64.0 Å². The lowest BCUT2D eigenvalue weighted by atomic mass is 9.75. The summed E-state index contributed by atoms with van der Waals surface area (Å²) in [6, 6.07) is 13.2. The Morgan fingerprint density at radius 2 is 1.82 bits per heavy atom. The number of hydrogen-bond acceptors (Lipinski definition) is 4. The van der Waals surface area contributed by atoms with Crippen molar-refractivity contribution in [2.45, 2.75) is 37.8 Å². The quantitative estimate of drug-likeness (QED) is 0.843. The molecule has 0 aromatic heterocycles. The van der Waals surface area contributed by atoms with E-state index < -0.39 is 0 Å². The zero-order valence-electron chi connectivity index (χ0n) is 16.1. The summed E-state index contributed by atoms with van der Waals surface area (Å²) < 4.78 is 0. The van der Waals surface area contributed by atoms with Crippen molar-refractivity contribution in [1.29, 1.82) is 0 Å². The van der Waals surface area contributed by atoms with Crippen LogP contribution in [0.4, 0.5) is 0 Å². The summed E-state index contributed by atoms with van der Waals surface area (Å²) in [5, 5.41) is 19.8. The Morgan fingerprint density at radius 3 is 2.54 bits per heavy atom. The maximum atomic E-state index is 13.5. The van der Waals surface area contributed by atoms with Crippen LogP contribution >= 0.6 is 0 Å². The molecule has 28 heavy (non-hydrogen) atoms. The lowest BCUT2D eigenvalue weighted by Crippen LogP contribution is -2.60. The Bertz CT molecular complexity index is 920. The molecule has 0 unspecified atom stereocenters. The molecule has 0 aliphatic carbocycles. The summed E-state index contributed by atoms with van der Waals surface area (Å²) in [7, 11) is 0. The standard InChI is InChI=1S/C23H26N2O3/c1-14-11-17(5-6-20(14)27)23(28)25-13-19(16-3-2-4-18(26)12-16)22-21(25)15-7-9-24(22)10-8-15/h2-6,11-12,15,19,21-22,26-27H,7-10,13H2,1H3/t19-,21+,22+/m1/s1. The zero-order valence-corrected chi connectivity index (χ0v) is 16.1. The number of likely N-dealkylation sites (tertiary alicyclic amines) is 1. The maximum Gasteiger partial charge on any atom is 0.254 e. The van der Waals surface area contributed by atoms with Gasteiger partial charge >= 0.3 is 0 Å². The van der Waals surface area contributed by atoms with Crippen molar-refractivity contribution in [3.05, 3.63) is 59.2 Å². The fraction of sp³-hybridized carbons (Fsp3) is 0.435. The van der Waals surface area contributed by atoms with Gasteiger partial charge in [0.1, 0.15) is 11.5 Å². The highest BCUT2D eigenvalue weighted by molar-refractivity contribution is 5.95. The number of rotatable bonds is 2. The predicted octanol–water partition coefficient (Wildman–Crippen LogP) is 3.11. The lowest BCUT2D eigenvalue weighted by Gasteiger charge is -2.51. The van der Waals surface area contributed by atoms with Gasteiger partial charge in [0.05, 0.1) is 6.04 Å². The molecule has 0 spiro atoms. The van der Waals surface area contributed by atoms with Crippen molar-refractivity contribution in [3.63, 3.8) is 0 Å². The van der Waals surface area contributed by atoms with Gasteiger partial charge in [-0.05, 0) is 80.2 Å². The SMILES string of the molecule is Cc1cc(C(=O)N2C[C@H](c3cccc(O)c3)[C@H]3[C@@H]2C2CCN3CC2)ccc1O. The minimum Gasteiger partial charge on any atom is -0.508 e. The van der Waals surface area contributed by atoms with Crippen LogP contribution in [0.15, 0.2) is 42.5 Å². The van der Waals surface area contributed by atoms with Gasteiger partial charge in [0.2, 0.25) is 0 Å². The summed E-state index contributed by atoms with van der Waals surface area (Å²) >= 11 is 0. The second-order valence-corrected chi connectivity index (χ2v) is 8.51. The fourth-order valence-electron chi connectivity index (χ4n) is 5.66. The fourth-order valence-corrected chi connectivity index (χ4v) is 5.66. The molecule has 4 aliphatic rings. The number of hydrogen-bond donors (Lipinski definition) is 2. The minimum absolute atomic E-state index is 0.0505. The maximum absolute atomic E-state index is 13.5. The van der Waals surface area contributed by atoms with Crippen LogP contribution in [0.25, 0.3) is 0 Å². The number of phenolic OH excluding ortho intramolecular Hbond substituents is 2. The van der Waals surface area contributed by atoms with E-state index in [0.717, 1.165) is 37.1 Å². The third-order valence-corrected chi connectivity index (χ3v) is 7.00. The Morgan fingerprint density at radius 1 is 1.04 bits per heavy atom. The number of amides is 1. The van der Waals surface area contributed by atoms with E-state index in [-0.39, 0.29) is 29.4 Å². The first-order chi connectivity index (χ1) is 13.5. The van der Waals surface area contributed by atoms with Crippen molar-refractivity contribution >= 4 is 5.91 Å². The molecule has 5 nitrogen and oxygen atoms in total. The largest absolute Gasteiger partial charge is 0.508 e. The first-order valence-electron chi connectivity index (χ1n) is 10.2. The lowest BCUT2D eigenvalue weighted by molar-refractivity contribution is -0.00342. The van der Waals surface area contributed by atoms with E-state index in [4.69, 9.17) is 0 Å². The van der Waals surface area contributed by atoms with Crippen LogP contribution in [0.5, 0.6) is 11.5 Å². The van der Waals surface area contributed by atoms with Gasteiger partial charge in [-0.15, -0.1) is 0 Å². The van der Waals surface area contributed by atoms with Crippen LogP contribution in [0.2, 0.25) is 0 Å². The molecular formula is C23H26N2O3. The monoisotopic (exact) mass is 378 g/mol. The van der Waals surface area contributed by atoms with Gasteiger partial charge in [-0.25, -0.2) is 0 Å². The van der Waals surface area contributed by atoms with Gasteiger partial charge in [0.25, 0.3) is 5.91 Å². The van der Waals surface area contributed by atoms with Gasteiger partial charge in [0.15, 0.2) is 0 Å². The smallest absolute Gasteiger partial charge is 0.254 e. The molecular weight excluding hydrogens is 352 g/mol. The number of fused-ring (bicyclic) bond motifs is 2. The van der Waals surface area contributed by atoms with Crippen LogP contribution in [0.3, 0.4) is 0 Å². The number of piperidine rings is 3. The molecule has 6 rings (SSSR count). The van der Waals surface area contributed by atoms with Crippen LogP contribution in [-0.4, -0.2) is 57.6 Å². The van der Waals surface area contributed by atoms with Gasteiger partial charge in [-0.1, -0.05) is 12.1 Å². The van der Waals surface area contributed by atoms with Crippen LogP contribution in [0, 0.1) is 12.8 Å². The predicted molar refractivity (Wildman–Crippen MR) is 107 cm³/mol. The molecule has 2 N–H and O–H groups in total. The Balaban J connectivity index is 1.53. The molecule has 5 heteroatoms. The number of phenols is 2. The molecule has 4 saturated heterocycles. The van der Waals surface area contributed by atoms with E-state index >= 15 is 0 Å². The zero-order chi connectivity index (χ0) is 19.4. The molecule has 1 amide bonds. The Hall–Kier alpha value is -2.53. The molecule has 0 radical (unpaired) electrons. The third-order valence-electron chi connectivity index (χ3n) is 7.00. The van der Waals surface area contributed by atoms with E-state index in [0.29, 0.717) is 24.1 Å². The van der Waals surface area contributed by atoms with E-state index in [2.05, 4.69) is 15.9 Å². The van der Waals surface area contributed by atoms with Gasteiger partial charge < -0.3 is 15.1 Å². The number of carbonyl (C=O) groups is 1. The van der Waals surface area contributed by atoms with E-state index in [1.54, 1.807) is 24.3 Å². The molecule has 2 aromatic rings. The second-order valence-electron chi connectivity index (χ2n) is 8.51. The van der Waals surface area contributed by atoms with E-state index in [9.17, 15) is 15.0 Å². The van der Waals surface area contributed by atoms with Crippen molar-refractivity contribution in [3.8, 4) is 11.5 Å². The van der Waals surface area contributed by atoms with Crippen LogP contribution in [-0.2, 0) is 0 Å². The second kappa shape index (κ2) is 6.52. The molecule has 146 valence electrons. The van der Waals surface area contributed by atoms with Crippen molar-refractivity contribution in [2.24, 2.45) is 5.92 Å². The van der Waals surface area contributed by atoms with Gasteiger partial charge in [-0.2, -0.15) is 0 Å². The summed E-state index contributed by atoms with van der Waals surface area (Å²) in [4.78, 5) is 18.1.